The van der Waals surface area contributed by atoms with E-state index in [2.05, 4.69) is 21.8 Å². The molecule has 1 saturated heterocycles. The summed E-state index contributed by atoms with van der Waals surface area (Å²) in [6.07, 6.45) is 3.77. The maximum atomic E-state index is 10.8. The molecule has 2 heterocycles. The van der Waals surface area contributed by atoms with Crippen LogP contribution in [0.5, 0.6) is 0 Å². The zero-order valence-electron chi connectivity index (χ0n) is 10.8. The van der Waals surface area contributed by atoms with Crippen LogP contribution in [-0.4, -0.2) is 54.2 Å². The van der Waals surface area contributed by atoms with Crippen LogP contribution in [-0.2, 0) is 0 Å². The Morgan fingerprint density at radius 2 is 2.33 bits per heavy atom. The van der Waals surface area contributed by atoms with Gasteiger partial charge in [0, 0.05) is 25.8 Å². The maximum Gasteiger partial charge on any atom is 0.337 e. The summed E-state index contributed by atoms with van der Waals surface area (Å²) in [5.74, 6) is -0.102. The van der Waals surface area contributed by atoms with Gasteiger partial charge in [0.05, 0.1) is 5.56 Å². The average molecular weight is 249 g/mol. The molecule has 5 nitrogen and oxygen atoms in total. The number of aromatic nitrogens is 1. The Hall–Kier alpha value is -1.62. The van der Waals surface area contributed by atoms with Crippen molar-refractivity contribution in [1.29, 1.82) is 0 Å². The molecule has 2 rings (SSSR count). The number of rotatable bonds is 3. The number of aromatic carboxylic acids is 1. The number of pyridine rings is 1. The highest BCUT2D eigenvalue weighted by atomic mass is 16.4. The second kappa shape index (κ2) is 5.35. The van der Waals surface area contributed by atoms with Gasteiger partial charge in [-0.15, -0.1) is 0 Å². The van der Waals surface area contributed by atoms with E-state index in [-0.39, 0.29) is 5.56 Å². The summed E-state index contributed by atoms with van der Waals surface area (Å²) in [4.78, 5) is 19.4. The molecule has 0 aromatic carbocycles. The number of carbonyl (C=O) groups is 1. The molecule has 18 heavy (non-hydrogen) atoms. The number of carboxylic acids is 1. The first-order valence-corrected chi connectivity index (χ1v) is 6.18. The molecule has 0 saturated carbocycles. The van der Waals surface area contributed by atoms with Gasteiger partial charge in [0.15, 0.2) is 0 Å². The van der Waals surface area contributed by atoms with E-state index in [4.69, 9.17) is 5.11 Å². The Morgan fingerprint density at radius 1 is 1.56 bits per heavy atom. The van der Waals surface area contributed by atoms with Crippen LogP contribution >= 0.6 is 0 Å². The van der Waals surface area contributed by atoms with Gasteiger partial charge in [-0.3, -0.25) is 0 Å². The SMILES string of the molecule is CN1CCCC(N(C)c2ccc(C(=O)O)cn2)C1. The highest BCUT2D eigenvalue weighted by Crippen LogP contribution is 2.19. The number of hydrogen-bond acceptors (Lipinski definition) is 4. The van der Waals surface area contributed by atoms with Crippen LogP contribution in [0.2, 0.25) is 0 Å². The van der Waals surface area contributed by atoms with Crippen molar-refractivity contribution in [1.82, 2.24) is 9.88 Å². The fraction of sp³-hybridized carbons (Fsp3) is 0.538. The first-order chi connectivity index (χ1) is 8.58. The fourth-order valence-electron chi connectivity index (χ4n) is 2.36. The Kier molecular flexibility index (Phi) is 3.81. The lowest BCUT2D eigenvalue weighted by molar-refractivity contribution is 0.0696. The van der Waals surface area contributed by atoms with Gasteiger partial charge in [-0.2, -0.15) is 0 Å². The Balaban J connectivity index is 2.08. The minimum absolute atomic E-state index is 0.230. The molecule has 0 spiro atoms. The molecule has 0 aliphatic carbocycles. The van der Waals surface area contributed by atoms with E-state index in [0.29, 0.717) is 6.04 Å². The number of anilines is 1. The lowest BCUT2D eigenvalue weighted by atomic mass is 10.1. The first-order valence-electron chi connectivity index (χ1n) is 6.18. The number of piperidine rings is 1. The fourth-order valence-corrected chi connectivity index (χ4v) is 2.36. The summed E-state index contributed by atoms with van der Waals surface area (Å²) in [5, 5.41) is 8.84. The molecule has 0 radical (unpaired) electrons. The summed E-state index contributed by atoms with van der Waals surface area (Å²) in [6.45, 7) is 2.18. The van der Waals surface area contributed by atoms with Gasteiger partial charge in [0.25, 0.3) is 0 Å². The van der Waals surface area contributed by atoms with Crippen LogP contribution in [0.15, 0.2) is 18.3 Å². The maximum absolute atomic E-state index is 10.8. The third-order valence-corrected chi connectivity index (χ3v) is 3.50. The van der Waals surface area contributed by atoms with E-state index in [0.717, 1.165) is 25.3 Å². The average Bonchev–Trinajstić information content (AvgIpc) is 2.38. The molecule has 98 valence electrons. The summed E-state index contributed by atoms with van der Waals surface area (Å²) >= 11 is 0. The Morgan fingerprint density at radius 3 is 2.89 bits per heavy atom. The molecular formula is C13H19N3O2. The Bertz CT molecular complexity index is 419. The predicted molar refractivity (Wildman–Crippen MR) is 70.1 cm³/mol. The quantitative estimate of drug-likeness (QED) is 0.875. The number of likely N-dealkylation sites (N-methyl/N-ethyl adjacent to an activating group) is 2. The van der Waals surface area contributed by atoms with Gasteiger partial charge in [-0.05, 0) is 38.6 Å². The van der Waals surface area contributed by atoms with Crippen LogP contribution < -0.4 is 4.90 Å². The number of likely N-dealkylation sites (tertiary alicyclic amines) is 1. The van der Waals surface area contributed by atoms with Crippen LogP contribution in [0.4, 0.5) is 5.82 Å². The van der Waals surface area contributed by atoms with Crippen LogP contribution in [0.1, 0.15) is 23.2 Å². The van der Waals surface area contributed by atoms with E-state index in [1.165, 1.54) is 12.6 Å². The topological polar surface area (TPSA) is 56.7 Å². The van der Waals surface area contributed by atoms with Crippen molar-refractivity contribution in [2.75, 3.05) is 32.1 Å². The number of nitrogens with zero attached hydrogens (tertiary/aromatic N) is 3. The largest absolute Gasteiger partial charge is 0.478 e. The van der Waals surface area contributed by atoms with Crippen molar-refractivity contribution in [2.45, 2.75) is 18.9 Å². The molecule has 1 aliphatic heterocycles. The molecule has 1 unspecified atom stereocenters. The van der Waals surface area contributed by atoms with Crippen molar-refractivity contribution >= 4 is 11.8 Å². The molecule has 1 atom stereocenters. The van der Waals surface area contributed by atoms with Crippen LogP contribution in [0, 0.1) is 0 Å². The molecule has 1 fully saturated rings. The lowest BCUT2D eigenvalue weighted by Gasteiger charge is -2.36. The molecule has 0 amide bonds. The summed E-state index contributed by atoms with van der Waals surface area (Å²) < 4.78 is 0. The van der Waals surface area contributed by atoms with Gasteiger partial charge >= 0.3 is 5.97 Å². The standard InChI is InChI=1S/C13H19N3O2/c1-15-7-3-4-11(9-15)16(2)12-6-5-10(8-14-12)13(17)18/h5-6,8,11H,3-4,7,9H2,1-2H3,(H,17,18). The normalized spacial score (nSPS) is 20.7. The highest BCUT2D eigenvalue weighted by Gasteiger charge is 2.22. The van der Waals surface area contributed by atoms with Crippen molar-refractivity contribution < 1.29 is 9.90 Å². The number of carboxylic acid groups (broad SMARTS) is 1. The van der Waals surface area contributed by atoms with Gasteiger partial charge in [-0.1, -0.05) is 0 Å². The number of hydrogen-bond donors (Lipinski definition) is 1. The van der Waals surface area contributed by atoms with E-state index in [1.807, 2.05) is 7.05 Å². The zero-order valence-corrected chi connectivity index (χ0v) is 10.8. The minimum Gasteiger partial charge on any atom is -0.478 e. The third kappa shape index (κ3) is 2.79. The predicted octanol–water partition coefficient (Wildman–Crippen LogP) is 1.31. The second-order valence-corrected chi connectivity index (χ2v) is 4.88. The monoisotopic (exact) mass is 249 g/mol. The summed E-state index contributed by atoms with van der Waals surface area (Å²) in [6, 6.07) is 3.83. The minimum atomic E-state index is -0.936. The molecule has 5 heteroatoms. The van der Waals surface area contributed by atoms with Crippen LogP contribution in [0.3, 0.4) is 0 Å². The van der Waals surface area contributed by atoms with Gasteiger partial charge in [0.2, 0.25) is 0 Å². The molecule has 1 aromatic heterocycles. The third-order valence-electron chi connectivity index (χ3n) is 3.50. The Labute approximate surface area is 107 Å². The summed E-state index contributed by atoms with van der Waals surface area (Å²) in [7, 11) is 4.15. The first kappa shape index (κ1) is 12.8. The van der Waals surface area contributed by atoms with Gasteiger partial charge < -0.3 is 14.9 Å². The molecule has 0 bridgehead atoms. The lowest BCUT2D eigenvalue weighted by Crippen LogP contribution is -2.45. The second-order valence-electron chi connectivity index (χ2n) is 4.88. The van der Waals surface area contributed by atoms with Crippen molar-refractivity contribution in [3.63, 3.8) is 0 Å². The van der Waals surface area contributed by atoms with Crippen molar-refractivity contribution in [3.8, 4) is 0 Å². The van der Waals surface area contributed by atoms with Crippen LogP contribution in [0.25, 0.3) is 0 Å². The van der Waals surface area contributed by atoms with E-state index >= 15 is 0 Å². The van der Waals surface area contributed by atoms with E-state index in [1.54, 1.807) is 12.1 Å². The smallest absolute Gasteiger partial charge is 0.337 e. The van der Waals surface area contributed by atoms with Crippen molar-refractivity contribution in [3.05, 3.63) is 23.9 Å². The highest BCUT2D eigenvalue weighted by molar-refractivity contribution is 5.87. The van der Waals surface area contributed by atoms with E-state index in [9.17, 15) is 4.79 Å². The molecule has 1 N–H and O–H groups in total. The van der Waals surface area contributed by atoms with Gasteiger partial charge in [0.1, 0.15) is 5.82 Å². The van der Waals surface area contributed by atoms with Crippen molar-refractivity contribution in [2.24, 2.45) is 0 Å². The molecule has 1 aliphatic rings. The van der Waals surface area contributed by atoms with Gasteiger partial charge in [-0.25, -0.2) is 9.78 Å². The zero-order chi connectivity index (χ0) is 13.1. The van der Waals surface area contributed by atoms with E-state index < -0.39 is 5.97 Å². The summed E-state index contributed by atoms with van der Waals surface area (Å²) in [5.41, 5.74) is 0.230. The molecule has 1 aromatic rings. The molecular weight excluding hydrogens is 230 g/mol.